The van der Waals surface area contributed by atoms with Crippen molar-refractivity contribution >= 4 is 15.7 Å². The van der Waals surface area contributed by atoms with E-state index in [1.807, 2.05) is 62.3 Å². The quantitative estimate of drug-likeness (QED) is 0.922. The van der Waals surface area contributed by atoms with Gasteiger partial charge < -0.3 is 4.90 Å². The van der Waals surface area contributed by atoms with Gasteiger partial charge in [-0.2, -0.15) is 0 Å². The lowest BCUT2D eigenvalue weighted by atomic mass is 10.2. The minimum atomic E-state index is -3.50. The predicted octanol–water partition coefficient (Wildman–Crippen LogP) is 2.85. The van der Waals surface area contributed by atoms with Crippen LogP contribution in [-0.4, -0.2) is 22.5 Å². The van der Waals surface area contributed by atoms with E-state index in [1.54, 1.807) is 13.0 Å². The Morgan fingerprint density at radius 2 is 1.64 bits per heavy atom. The molecule has 0 aliphatic carbocycles. The lowest BCUT2D eigenvalue weighted by molar-refractivity contribution is 0.580. The summed E-state index contributed by atoms with van der Waals surface area (Å²) in [7, 11) is 0.442. The Morgan fingerprint density at radius 1 is 1.00 bits per heavy atom. The summed E-state index contributed by atoms with van der Waals surface area (Å²) < 4.78 is 27.5. The summed E-state index contributed by atoms with van der Waals surface area (Å²) in [4.78, 5) is 2.35. The molecule has 22 heavy (non-hydrogen) atoms. The molecule has 0 heterocycles. The number of nitrogens with zero attached hydrogens (tertiary/aromatic N) is 1. The number of nitrogens with one attached hydrogen (secondary N) is 1. The molecule has 0 amide bonds. The van der Waals surface area contributed by atoms with E-state index < -0.39 is 10.0 Å². The number of anilines is 1. The first-order valence-corrected chi connectivity index (χ1v) is 8.61. The van der Waals surface area contributed by atoms with Crippen LogP contribution in [0.25, 0.3) is 0 Å². The Kier molecular flexibility index (Phi) is 4.88. The summed E-state index contributed by atoms with van der Waals surface area (Å²) in [6.07, 6.45) is 0. The van der Waals surface area contributed by atoms with Gasteiger partial charge in [0.1, 0.15) is 0 Å². The van der Waals surface area contributed by atoms with Crippen LogP contribution < -0.4 is 9.62 Å². The van der Waals surface area contributed by atoms with Crippen molar-refractivity contribution in [2.75, 3.05) is 19.0 Å². The van der Waals surface area contributed by atoms with Gasteiger partial charge in [0.2, 0.25) is 10.0 Å². The minimum Gasteiger partial charge on any atom is -0.378 e. The first kappa shape index (κ1) is 16.5. The molecule has 4 nitrogen and oxygen atoms in total. The molecular weight excluding hydrogens is 296 g/mol. The van der Waals surface area contributed by atoms with Gasteiger partial charge in [0.15, 0.2) is 0 Å². The van der Waals surface area contributed by atoms with Crippen LogP contribution in [0.2, 0.25) is 0 Å². The van der Waals surface area contributed by atoms with Gasteiger partial charge in [0.05, 0.1) is 4.90 Å². The molecule has 0 saturated heterocycles. The summed E-state index contributed by atoms with van der Waals surface area (Å²) in [6, 6.07) is 13.3. The predicted molar refractivity (Wildman–Crippen MR) is 90.7 cm³/mol. The molecule has 0 aliphatic heterocycles. The third-order valence-electron chi connectivity index (χ3n) is 3.55. The van der Waals surface area contributed by atoms with Gasteiger partial charge in [-0.05, 0) is 48.7 Å². The summed E-state index contributed by atoms with van der Waals surface area (Å²) in [6.45, 7) is 3.97. The number of hydrogen-bond acceptors (Lipinski definition) is 3. The van der Waals surface area contributed by atoms with Gasteiger partial charge in [0, 0.05) is 26.3 Å². The molecule has 0 unspecified atom stereocenters. The second-order valence-corrected chi connectivity index (χ2v) is 7.39. The molecule has 0 aromatic heterocycles. The van der Waals surface area contributed by atoms with Crippen molar-refractivity contribution in [1.29, 1.82) is 0 Å². The van der Waals surface area contributed by atoms with Crippen LogP contribution >= 0.6 is 0 Å². The van der Waals surface area contributed by atoms with Crippen molar-refractivity contribution < 1.29 is 8.42 Å². The lowest BCUT2D eigenvalue weighted by Gasteiger charge is -2.13. The van der Waals surface area contributed by atoms with Crippen LogP contribution in [0.4, 0.5) is 5.69 Å². The molecule has 2 rings (SSSR count). The molecule has 118 valence electrons. The Balaban J connectivity index is 2.14. The zero-order chi connectivity index (χ0) is 16.3. The Labute approximate surface area is 132 Å². The smallest absolute Gasteiger partial charge is 0.241 e. The highest BCUT2D eigenvalue weighted by molar-refractivity contribution is 7.89. The second kappa shape index (κ2) is 6.50. The molecular formula is C17H22N2O2S. The van der Waals surface area contributed by atoms with Crippen LogP contribution in [-0.2, 0) is 16.6 Å². The molecule has 2 aromatic carbocycles. The topological polar surface area (TPSA) is 49.4 Å². The molecule has 0 saturated carbocycles. The molecule has 0 spiro atoms. The van der Waals surface area contributed by atoms with E-state index in [1.165, 1.54) is 0 Å². The molecule has 0 atom stereocenters. The lowest BCUT2D eigenvalue weighted by Crippen LogP contribution is -2.24. The third-order valence-corrected chi connectivity index (χ3v) is 5.10. The average molecular weight is 318 g/mol. The fraction of sp³-hybridized carbons (Fsp3) is 0.294. The van der Waals surface area contributed by atoms with E-state index in [0.29, 0.717) is 4.90 Å². The largest absolute Gasteiger partial charge is 0.378 e. The van der Waals surface area contributed by atoms with Gasteiger partial charge >= 0.3 is 0 Å². The van der Waals surface area contributed by atoms with Crippen LogP contribution in [0.3, 0.4) is 0 Å². The Morgan fingerprint density at radius 3 is 2.23 bits per heavy atom. The third kappa shape index (κ3) is 3.87. The van der Waals surface area contributed by atoms with Crippen LogP contribution in [0.15, 0.2) is 47.4 Å². The fourth-order valence-electron chi connectivity index (χ4n) is 2.16. The SMILES string of the molecule is Cc1ccc(C)c(S(=O)(=O)NCc2ccc(N(C)C)cc2)c1. The molecule has 5 heteroatoms. The number of sulfonamides is 1. The van der Waals surface area contributed by atoms with E-state index in [2.05, 4.69) is 4.72 Å². The van der Waals surface area contributed by atoms with Crippen LogP contribution in [0.5, 0.6) is 0 Å². The summed E-state index contributed by atoms with van der Waals surface area (Å²) >= 11 is 0. The van der Waals surface area contributed by atoms with Crippen LogP contribution in [0.1, 0.15) is 16.7 Å². The maximum atomic E-state index is 12.4. The van der Waals surface area contributed by atoms with Crippen molar-refractivity contribution in [3.05, 3.63) is 59.2 Å². The number of hydrogen-bond donors (Lipinski definition) is 1. The van der Waals surface area contributed by atoms with Crippen molar-refractivity contribution in [3.8, 4) is 0 Å². The average Bonchev–Trinajstić information content (AvgIpc) is 2.48. The molecule has 0 fully saturated rings. The molecule has 2 aromatic rings. The highest BCUT2D eigenvalue weighted by atomic mass is 32.2. The van der Waals surface area contributed by atoms with Crippen molar-refractivity contribution in [2.45, 2.75) is 25.3 Å². The van der Waals surface area contributed by atoms with Gasteiger partial charge in [-0.3, -0.25) is 0 Å². The van der Waals surface area contributed by atoms with Gasteiger partial charge in [0.25, 0.3) is 0 Å². The summed E-state index contributed by atoms with van der Waals surface area (Å²) in [5, 5.41) is 0. The van der Waals surface area contributed by atoms with Gasteiger partial charge in [-0.15, -0.1) is 0 Å². The zero-order valence-electron chi connectivity index (χ0n) is 13.4. The normalized spacial score (nSPS) is 11.5. The Hall–Kier alpha value is -1.85. The molecule has 0 radical (unpaired) electrons. The maximum Gasteiger partial charge on any atom is 0.241 e. The highest BCUT2D eigenvalue weighted by Gasteiger charge is 2.16. The van der Waals surface area contributed by atoms with E-state index in [9.17, 15) is 8.42 Å². The fourth-order valence-corrected chi connectivity index (χ4v) is 3.51. The molecule has 0 aliphatic rings. The molecule has 1 N–H and O–H groups in total. The number of aryl methyl sites for hydroxylation is 2. The van der Waals surface area contributed by atoms with Crippen molar-refractivity contribution in [3.63, 3.8) is 0 Å². The second-order valence-electron chi connectivity index (χ2n) is 5.65. The van der Waals surface area contributed by atoms with E-state index in [4.69, 9.17) is 0 Å². The zero-order valence-corrected chi connectivity index (χ0v) is 14.2. The first-order valence-electron chi connectivity index (χ1n) is 7.13. The number of rotatable bonds is 5. The summed E-state index contributed by atoms with van der Waals surface area (Å²) in [5.41, 5.74) is 3.70. The monoisotopic (exact) mass is 318 g/mol. The summed E-state index contributed by atoms with van der Waals surface area (Å²) in [5.74, 6) is 0. The highest BCUT2D eigenvalue weighted by Crippen LogP contribution is 2.17. The van der Waals surface area contributed by atoms with E-state index in [-0.39, 0.29) is 6.54 Å². The van der Waals surface area contributed by atoms with Gasteiger partial charge in [-0.25, -0.2) is 13.1 Å². The van der Waals surface area contributed by atoms with E-state index >= 15 is 0 Å². The van der Waals surface area contributed by atoms with Crippen LogP contribution in [0, 0.1) is 13.8 Å². The maximum absolute atomic E-state index is 12.4. The number of benzene rings is 2. The van der Waals surface area contributed by atoms with E-state index in [0.717, 1.165) is 22.4 Å². The standard InChI is InChI=1S/C17H22N2O2S/c1-13-5-6-14(2)17(11-13)22(20,21)18-12-15-7-9-16(10-8-15)19(3)4/h5-11,18H,12H2,1-4H3. The van der Waals surface area contributed by atoms with Crippen molar-refractivity contribution in [2.24, 2.45) is 0 Å². The first-order chi connectivity index (χ1) is 10.3. The Bertz CT molecular complexity index is 751. The van der Waals surface area contributed by atoms with Gasteiger partial charge in [-0.1, -0.05) is 24.3 Å². The van der Waals surface area contributed by atoms with Crippen molar-refractivity contribution in [1.82, 2.24) is 4.72 Å². The molecule has 0 bridgehead atoms. The minimum absolute atomic E-state index is 0.281.